The van der Waals surface area contributed by atoms with Crippen molar-refractivity contribution < 1.29 is 4.39 Å². The highest BCUT2D eigenvalue weighted by Crippen LogP contribution is 2.19. The predicted molar refractivity (Wildman–Crippen MR) is 82.7 cm³/mol. The molecule has 2 aromatic carbocycles. The molecule has 0 fully saturated rings. The van der Waals surface area contributed by atoms with Gasteiger partial charge in [-0.3, -0.25) is 0 Å². The van der Waals surface area contributed by atoms with Gasteiger partial charge >= 0.3 is 0 Å². The molecule has 0 radical (unpaired) electrons. The van der Waals surface area contributed by atoms with Crippen LogP contribution in [0.25, 0.3) is 11.0 Å². The predicted octanol–water partition coefficient (Wildman–Crippen LogP) is 3.02. The van der Waals surface area contributed by atoms with Gasteiger partial charge in [0.15, 0.2) is 0 Å². The summed E-state index contributed by atoms with van der Waals surface area (Å²) in [5.74, 6) is 0.739. The number of fused-ring (bicyclic) bond motifs is 1. The molecule has 0 amide bonds. The molecule has 108 valence electrons. The summed E-state index contributed by atoms with van der Waals surface area (Å²) >= 11 is 0. The van der Waals surface area contributed by atoms with E-state index in [1.807, 2.05) is 44.4 Å². The quantitative estimate of drug-likeness (QED) is 0.797. The van der Waals surface area contributed by atoms with Gasteiger partial charge in [0, 0.05) is 20.0 Å². The summed E-state index contributed by atoms with van der Waals surface area (Å²) in [5, 5.41) is 3.12. The minimum absolute atomic E-state index is 0.205. The van der Waals surface area contributed by atoms with Crippen molar-refractivity contribution in [2.75, 3.05) is 7.05 Å². The molecule has 1 N–H and O–H groups in total. The molecule has 1 aromatic heterocycles. The van der Waals surface area contributed by atoms with Gasteiger partial charge < -0.3 is 9.88 Å². The Morgan fingerprint density at radius 2 is 1.95 bits per heavy atom. The number of para-hydroxylation sites is 2. The van der Waals surface area contributed by atoms with Crippen LogP contribution in [0.15, 0.2) is 42.5 Å². The molecule has 0 bridgehead atoms. The van der Waals surface area contributed by atoms with E-state index in [-0.39, 0.29) is 5.82 Å². The van der Waals surface area contributed by atoms with Gasteiger partial charge in [0.25, 0.3) is 0 Å². The maximum absolute atomic E-state index is 13.5. The van der Waals surface area contributed by atoms with Crippen molar-refractivity contribution in [1.29, 1.82) is 0 Å². The van der Waals surface area contributed by atoms with E-state index < -0.39 is 0 Å². The molecule has 0 aliphatic carbocycles. The SMILES string of the molecule is CNCc1ccc(F)cc1Cc1nc2ccccc2n1C. The number of aryl methyl sites for hydroxylation is 1. The van der Waals surface area contributed by atoms with Crippen molar-refractivity contribution >= 4 is 11.0 Å². The fourth-order valence-electron chi connectivity index (χ4n) is 2.65. The van der Waals surface area contributed by atoms with Crippen molar-refractivity contribution in [2.24, 2.45) is 7.05 Å². The Hall–Kier alpha value is -2.20. The number of halogens is 1. The highest BCUT2D eigenvalue weighted by atomic mass is 19.1. The first kappa shape index (κ1) is 13.8. The number of hydrogen-bond donors (Lipinski definition) is 1. The molecule has 4 heteroatoms. The summed E-state index contributed by atoms with van der Waals surface area (Å²) in [5.41, 5.74) is 4.15. The van der Waals surface area contributed by atoms with E-state index in [0.29, 0.717) is 6.42 Å². The zero-order valence-electron chi connectivity index (χ0n) is 12.2. The fraction of sp³-hybridized carbons (Fsp3) is 0.235. The molecule has 0 spiro atoms. The summed E-state index contributed by atoms with van der Waals surface area (Å²) in [4.78, 5) is 4.66. The lowest BCUT2D eigenvalue weighted by Gasteiger charge is -2.09. The summed E-state index contributed by atoms with van der Waals surface area (Å²) in [6, 6.07) is 13.0. The van der Waals surface area contributed by atoms with Crippen LogP contribution in [-0.4, -0.2) is 16.6 Å². The van der Waals surface area contributed by atoms with Crippen LogP contribution in [0.1, 0.15) is 17.0 Å². The first-order valence-electron chi connectivity index (χ1n) is 7.01. The normalized spacial score (nSPS) is 11.2. The zero-order chi connectivity index (χ0) is 14.8. The van der Waals surface area contributed by atoms with Gasteiger partial charge in [0.05, 0.1) is 11.0 Å². The Bertz CT molecular complexity index is 777. The number of imidazole rings is 1. The second kappa shape index (κ2) is 5.66. The maximum atomic E-state index is 13.5. The highest BCUT2D eigenvalue weighted by molar-refractivity contribution is 5.75. The smallest absolute Gasteiger partial charge is 0.123 e. The summed E-state index contributed by atoms with van der Waals surface area (Å²) < 4.78 is 15.6. The van der Waals surface area contributed by atoms with Crippen molar-refractivity contribution in [2.45, 2.75) is 13.0 Å². The van der Waals surface area contributed by atoms with E-state index in [1.165, 1.54) is 6.07 Å². The van der Waals surface area contributed by atoms with Crippen molar-refractivity contribution in [3.05, 3.63) is 65.2 Å². The van der Waals surface area contributed by atoms with Gasteiger partial charge in [-0.1, -0.05) is 18.2 Å². The van der Waals surface area contributed by atoms with Crippen LogP contribution in [0.3, 0.4) is 0 Å². The van der Waals surface area contributed by atoms with Gasteiger partial charge in [-0.05, 0) is 42.4 Å². The molecule has 0 aliphatic rings. The molecule has 3 nitrogen and oxygen atoms in total. The largest absolute Gasteiger partial charge is 0.331 e. The van der Waals surface area contributed by atoms with Crippen LogP contribution in [0, 0.1) is 5.82 Å². The molecule has 0 saturated carbocycles. The van der Waals surface area contributed by atoms with Gasteiger partial charge in [-0.25, -0.2) is 9.37 Å². The molecule has 0 atom stereocenters. The Labute approximate surface area is 123 Å². The molecule has 3 aromatic rings. The van der Waals surface area contributed by atoms with E-state index in [1.54, 1.807) is 6.07 Å². The van der Waals surface area contributed by atoms with Crippen LogP contribution in [-0.2, 0) is 20.0 Å². The minimum atomic E-state index is -0.205. The average Bonchev–Trinajstić information content (AvgIpc) is 2.79. The molecule has 0 saturated heterocycles. The zero-order valence-corrected chi connectivity index (χ0v) is 12.2. The van der Waals surface area contributed by atoms with Crippen LogP contribution >= 0.6 is 0 Å². The maximum Gasteiger partial charge on any atom is 0.123 e. The molecule has 0 unspecified atom stereocenters. The van der Waals surface area contributed by atoms with Crippen LogP contribution in [0.4, 0.5) is 4.39 Å². The lowest BCUT2D eigenvalue weighted by atomic mass is 10.0. The topological polar surface area (TPSA) is 29.9 Å². The summed E-state index contributed by atoms with van der Waals surface area (Å²) in [7, 11) is 3.89. The number of nitrogens with one attached hydrogen (secondary N) is 1. The Kier molecular flexibility index (Phi) is 3.71. The monoisotopic (exact) mass is 283 g/mol. The van der Waals surface area contributed by atoms with E-state index in [9.17, 15) is 4.39 Å². The molecule has 3 rings (SSSR count). The van der Waals surface area contributed by atoms with Crippen LogP contribution in [0.2, 0.25) is 0 Å². The fourth-order valence-corrected chi connectivity index (χ4v) is 2.65. The first-order valence-corrected chi connectivity index (χ1v) is 7.01. The summed E-state index contributed by atoms with van der Waals surface area (Å²) in [6.07, 6.45) is 0.625. The van der Waals surface area contributed by atoms with Gasteiger partial charge in [0.1, 0.15) is 11.6 Å². The lowest BCUT2D eigenvalue weighted by Crippen LogP contribution is -2.09. The third-order valence-electron chi connectivity index (χ3n) is 3.76. The van der Waals surface area contributed by atoms with Crippen molar-refractivity contribution in [1.82, 2.24) is 14.9 Å². The van der Waals surface area contributed by atoms with Crippen LogP contribution < -0.4 is 5.32 Å². The number of aromatic nitrogens is 2. The second-order valence-corrected chi connectivity index (χ2v) is 5.20. The minimum Gasteiger partial charge on any atom is -0.331 e. The first-order chi connectivity index (χ1) is 10.2. The average molecular weight is 283 g/mol. The van der Waals surface area contributed by atoms with E-state index in [0.717, 1.165) is 34.5 Å². The molecular weight excluding hydrogens is 265 g/mol. The number of benzene rings is 2. The summed E-state index contributed by atoms with van der Waals surface area (Å²) in [6.45, 7) is 0.722. The van der Waals surface area contributed by atoms with Crippen molar-refractivity contribution in [3.63, 3.8) is 0 Å². The molecule has 1 heterocycles. The Morgan fingerprint density at radius 1 is 1.14 bits per heavy atom. The number of rotatable bonds is 4. The van der Waals surface area contributed by atoms with Gasteiger partial charge in [-0.15, -0.1) is 0 Å². The third-order valence-corrected chi connectivity index (χ3v) is 3.76. The molecular formula is C17H18FN3. The van der Waals surface area contributed by atoms with Gasteiger partial charge in [0.2, 0.25) is 0 Å². The van der Waals surface area contributed by atoms with E-state index in [4.69, 9.17) is 0 Å². The van der Waals surface area contributed by atoms with E-state index in [2.05, 4.69) is 14.9 Å². The number of nitrogens with zero attached hydrogens (tertiary/aromatic N) is 2. The van der Waals surface area contributed by atoms with Crippen molar-refractivity contribution in [3.8, 4) is 0 Å². The third kappa shape index (κ3) is 2.67. The lowest BCUT2D eigenvalue weighted by molar-refractivity contribution is 0.623. The van der Waals surface area contributed by atoms with Crippen LogP contribution in [0.5, 0.6) is 0 Å². The van der Waals surface area contributed by atoms with E-state index >= 15 is 0 Å². The Morgan fingerprint density at radius 3 is 2.71 bits per heavy atom. The number of hydrogen-bond acceptors (Lipinski definition) is 2. The highest BCUT2D eigenvalue weighted by Gasteiger charge is 2.11. The van der Waals surface area contributed by atoms with Gasteiger partial charge in [-0.2, -0.15) is 0 Å². The standard InChI is InChI=1S/C17H18FN3/c1-19-11-12-7-8-14(18)9-13(12)10-17-20-15-5-3-4-6-16(15)21(17)2/h3-9,19H,10-11H2,1-2H3. The second-order valence-electron chi connectivity index (χ2n) is 5.20. The molecule has 0 aliphatic heterocycles. The molecule has 21 heavy (non-hydrogen) atoms. The Balaban J connectivity index is 2.02.